The van der Waals surface area contributed by atoms with Gasteiger partial charge in [0.15, 0.2) is 0 Å². The largest absolute Gasteiger partial charge is 0.481 e. The molecule has 0 aromatic rings. The third kappa shape index (κ3) is 2.02. The molecule has 1 fully saturated rings. The highest BCUT2D eigenvalue weighted by molar-refractivity contribution is 5.75. The maximum absolute atomic E-state index is 11.1. The van der Waals surface area contributed by atoms with E-state index < -0.39 is 11.4 Å². The molecule has 3 heteroatoms. The SMILES string of the molecule is CC(C)NC1CCCC1(C)C(=O)O. The number of carboxylic acid groups (broad SMARTS) is 1. The van der Waals surface area contributed by atoms with Crippen LogP contribution in [0.3, 0.4) is 0 Å². The Labute approximate surface area is 79.5 Å². The lowest BCUT2D eigenvalue weighted by Crippen LogP contribution is -2.47. The van der Waals surface area contributed by atoms with E-state index in [0.717, 1.165) is 19.3 Å². The van der Waals surface area contributed by atoms with Crippen LogP contribution >= 0.6 is 0 Å². The molecular formula is C10H19NO2. The fraction of sp³-hybridized carbons (Fsp3) is 0.900. The van der Waals surface area contributed by atoms with Crippen LogP contribution < -0.4 is 5.32 Å². The second-order valence-electron chi connectivity index (χ2n) is 4.49. The molecular weight excluding hydrogens is 166 g/mol. The van der Waals surface area contributed by atoms with Crippen LogP contribution in [0, 0.1) is 5.41 Å². The fourth-order valence-electron chi connectivity index (χ4n) is 2.09. The van der Waals surface area contributed by atoms with Gasteiger partial charge < -0.3 is 10.4 Å². The molecule has 3 nitrogen and oxygen atoms in total. The first-order valence-electron chi connectivity index (χ1n) is 4.96. The van der Waals surface area contributed by atoms with Gasteiger partial charge in [0, 0.05) is 12.1 Å². The van der Waals surface area contributed by atoms with E-state index in [4.69, 9.17) is 5.11 Å². The van der Waals surface area contributed by atoms with Gasteiger partial charge >= 0.3 is 5.97 Å². The van der Waals surface area contributed by atoms with E-state index in [9.17, 15) is 4.79 Å². The summed E-state index contributed by atoms with van der Waals surface area (Å²) in [4.78, 5) is 11.1. The molecule has 1 rings (SSSR count). The van der Waals surface area contributed by atoms with Crippen molar-refractivity contribution in [3.05, 3.63) is 0 Å². The minimum Gasteiger partial charge on any atom is -0.481 e. The molecule has 0 aromatic heterocycles. The van der Waals surface area contributed by atoms with Crippen LogP contribution in [0.4, 0.5) is 0 Å². The van der Waals surface area contributed by atoms with Crippen molar-refractivity contribution in [2.45, 2.75) is 52.1 Å². The molecule has 0 heterocycles. The summed E-state index contributed by atoms with van der Waals surface area (Å²) in [6.45, 7) is 5.96. The van der Waals surface area contributed by atoms with Crippen molar-refractivity contribution < 1.29 is 9.90 Å². The van der Waals surface area contributed by atoms with Gasteiger partial charge in [-0.2, -0.15) is 0 Å². The predicted octanol–water partition coefficient (Wildman–Crippen LogP) is 1.63. The average molecular weight is 185 g/mol. The minimum absolute atomic E-state index is 0.144. The van der Waals surface area contributed by atoms with Crippen LogP contribution in [-0.4, -0.2) is 23.2 Å². The van der Waals surface area contributed by atoms with Crippen molar-refractivity contribution in [1.29, 1.82) is 0 Å². The number of carboxylic acids is 1. The molecule has 2 atom stereocenters. The first-order chi connectivity index (χ1) is 5.97. The number of hydrogen-bond acceptors (Lipinski definition) is 2. The number of aliphatic carboxylic acids is 1. The second kappa shape index (κ2) is 3.66. The Bertz CT molecular complexity index is 203. The molecule has 1 aliphatic carbocycles. The van der Waals surface area contributed by atoms with Crippen LogP contribution in [0.1, 0.15) is 40.0 Å². The van der Waals surface area contributed by atoms with E-state index in [2.05, 4.69) is 19.2 Å². The van der Waals surface area contributed by atoms with Gasteiger partial charge in [-0.1, -0.05) is 20.3 Å². The third-order valence-corrected chi connectivity index (χ3v) is 2.98. The van der Waals surface area contributed by atoms with Crippen molar-refractivity contribution in [2.75, 3.05) is 0 Å². The van der Waals surface area contributed by atoms with E-state index in [1.165, 1.54) is 0 Å². The van der Waals surface area contributed by atoms with Crippen LogP contribution in [0.15, 0.2) is 0 Å². The van der Waals surface area contributed by atoms with Gasteiger partial charge in [0.1, 0.15) is 0 Å². The molecule has 0 radical (unpaired) electrons. The van der Waals surface area contributed by atoms with Gasteiger partial charge in [-0.15, -0.1) is 0 Å². The van der Waals surface area contributed by atoms with E-state index in [1.54, 1.807) is 0 Å². The number of carbonyl (C=O) groups is 1. The molecule has 1 saturated carbocycles. The average Bonchev–Trinajstić information content (AvgIpc) is 2.33. The zero-order valence-electron chi connectivity index (χ0n) is 8.63. The zero-order chi connectivity index (χ0) is 10.1. The normalized spacial score (nSPS) is 34.0. The molecule has 76 valence electrons. The van der Waals surface area contributed by atoms with Crippen molar-refractivity contribution in [1.82, 2.24) is 5.32 Å². The van der Waals surface area contributed by atoms with Crippen molar-refractivity contribution in [2.24, 2.45) is 5.41 Å². The fourth-order valence-corrected chi connectivity index (χ4v) is 2.09. The van der Waals surface area contributed by atoms with Crippen LogP contribution in [0.5, 0.6) is 0 Å². The first kappa shape index (κ1) is 10.5. The Morgan fingerprint density at radius 3 is 2.69 bits per heavy atom. The summed E-state index contributed by atoms with van der Waals surface area (Å²) in [5.41, 5.74) is -0.551. The predicted molar refractivity (Wildman–Crippen MR) is 51.7 cm³/mol. The summed E-state index contributed by atoms with van der Waals surface area (Å²) >= 11 is 0. The minimum atomic E-state index is -0.664. The summed E-state index contributed by atoms with van der Waals surface area (Å²) < 4.78 is 0. The Hall–Kier alpha value is -0.570. The third-order valence-electron chi connectivity index (χ3n) is 2.98. The second-order valence-corrected chi connectivity index (χ2v) is 4.49. The lowest BCUT2D eigenvalue weighted by molar-refractivity contribution is -0.148. The van der Waals surface area contributed by atoms with Crippen LogP contribution in [0.2, 0.25) is 0 Å². The van der Waals surface area contributed by atoms with Crippen LogP contribution in [0.25, 0.3) is 0 Å². The van der Waals surface area contributed by atoms with E-state index in [0.29, 0.717) is 6.04 Å². The van der Waals surface area contributed by atoms with Crippen molar-refractivity contribution >= 4 is 5.97 Å². The number of nitrogens with one attached hydrogen (secondary N) is 1. The first-order valence-corrected chi connectivity index (χ1v) is 4.96. The molecule has 0 aliphatic heterocycles. The van der Waals surface area contributed by atoms with Gasteiger partial charge in [0.25, 0.3) is 0 Å². The molecule has 0 saturated heterocycles. The molecule has 0 aromatic carbocycles. The lowest BCUT2D eigenvalue weighted by Gasteiger charge is -2.29. The zero-order valence-corrected chi connectivity index (χ0v) is 8.63. The van der Waals surface area contributed by atoms with E-state index >= 15 is 0 Å². The van der Waals surface area contributed by atoms with Gasteiger partial charge in [-0.3, -0.25) is 4.79 Å². The van der Waals surface area contributed by atoms with Crippen molar-refractivity contribution in [3.63, 3.8) is 0 Å². The smallest absolute Gasteiger partial charge is 0.310 e. The Balaban J connectivity index is 2.68. The molecule has 0 spiro atoms. The van der Waals surface area contributed by atoms with Gasteiger partial charge in [0.05, 0.1) is 5.41 Å². The monoisotopic (exact) mass is 185 g/mol. The number of rotatable bonds is 3. The summed E-state index contributed by atoms with van der Waals surface area (Å²) in [6, 6.07) is 0.506. The molecule has 0 amide bonds. The Kier molecular flexibility index (Phi) is 2.96. The lowest BCUT2D eigenvalue weighted by atomic mass is 9.84. The quantitative estimate of drug-likeness (QED) is 0.702. The Morgan fingerprint density at radius 1 is 1.62 bits per heavy atom. The van der Waals surface area contributed by atoms with Crippen LogP contribution in [-0.2, 0) is 4.79 Å². The molecule has 0 bridgehead atoms. The summed E-state index contributed by atoms with van der Waals surface area (Å²) in [7, 11) is 0. The topological polar surface area (TPSA) is 49.3 Å². The maximum Gasteiger partial charge on any atom is 0.310 e. The molecule has 2 N–H and O–H groups in total. The van der Waals surface area contributed by atoms with Gasteiger partial charge in [-0.05, 0) is 19.8 Å². The molecule has 2 unspecified atom stereocenters. The standard InChI is InChI=1S/C10H19NO2/c1-7(2)11-8-5-4-6-10(8,3)9(12)13/h7-8,11H,4-6H2,1-3H3,(H,12,13). The highest BCUT2D eigenvalue weighted by Crippen LogP contribution is 2.38. The summed E-state index contributed by atoms with van der Waals surface area (Å²) in [5.74, 6) is -0.664. The van der Waals surface area contributed by atoms with Gasteiger partial charge in [-0.25, -0.2) is 0 Å². The Morgan fingerprint density at radius 2 is 2.23 bits per heavy atom. The number of hydrogen-bond donors (Lipinski definition) is 2. The summed E-state index contributed by atoms with van der Waals surface area (Å²) in [5, 5.41) is 12.4. The highest BCUT2D eigenvalue weighted by atomic mass is 16.4. The molecule has 13 heavy (non-hydrogen) atoms. The van der Waals surface area contributed by atoms with Crippen molar-refractivity contribution in [3.8, 4) is 0 Å². The highest BCUT2D eigenvalue weighted by Gasteiger charge is 2.45. The van der Waals surface area contributed by atoms with Gasteiger partial charge in [0.2, 0.25) is 0 Å². The maximum atomic E-state index is 11.1. The molecule has 1 aliphatic rings. The van der Waals surface area contributed by atoms with E-state index in [1.807, 2.05) is 6.92 Å². The summed E-state index contributed by atoms with van der Waals surface area (Å²) in [6.07, 6.45) is 2.81. The van der Waals surface area contributed by atoms with E-state index in [-0.39, 0.29) is 6.04 Å².